The normalized spacial score (nSPS) is 12.8. The average molecular weight is 558 g/mol. The molecular formula is C30H43N3O5S. The molecule has 0 aromatic heterocycles. The van der Waals surface area contributed by atoms with E-state index in [1.165, 1.54) is 4.90 Å². The van der Waals surface area contributed by atoms with Gasteiger partial charge in [0, 0.05) is 12.2 Å². The zero-order chi connectivity index (χ0) is 29.3. The largest absolute Gasteiger partial charge is 0.444 e. The fourth-order valence-electron chi connectivity index (χ4n) is 4.51. The Morgan fingerprint density at radius 2 is 1.51 bits per heavy atom. The number of para-hydroxylation sites is 1. The van der Waals surface area contributed by atoms with E-state index >= 15 is 0 Å². The molecule has 0 spiro atoms. The van der Waals surface area contributed by atoms with Crippen LogP contribution in [0.15, 0.2) is 36.4 Å². The number of hydrogen-bond acceptors (Lipinski definition) is 6. The minimum Gasteiger partial charge on any atom is -0.444 e. The summed E-state index contributed by atoms with van der Waals surface area (Å²) < 4.78 is 5.42. The smallest absolute Gasteiger partial charge is 0.408 e. The number of carbonyl (C=O) groups excluding carboxylic acids is 3. The second kappa shape index (κ2) is 14.4. The fourth-order valence-corrected chi connectivity index (χ4v) is 4.98. The number of thioether (sulfide) groups is 1. The van der Waals surface area contributed by atoms with Crippen molar-refractivity contribution in [3.05, 3.63) is 64.2 Å². The van der Waals surface area contributed by atoms with Crippen LogP contribution in [0.1, 0.15) is 61.1 Å². The van der Waals surface area contributed by atoms with Crippen molar-refractivity contribution in [3.8, 4) is 0 Å². The monoisotopic (exact) mass is 557 g/mol. The Bertz CT molecular complexity index is 1120. The van der Waals surface area contributed by atoms with Crippen molar-refractivity contribution in [3.63, 3.8) is 0 Å². The van der Waals surface area contributed by atoms with Crippen LogP contribution in [0.4, 0.5) is 10.5 Å². The van der Waals surface area contributed by atoms with Crippen molar-refractivity contribution in [1.82, 2.24) is 10.2 Å². The van der Waals surface area contributed by atoms with Gasteiger partial charge in [-0.15, -0.1) is 0 Å². The number of aliphatic hydroxyl groups excluding tert-OH is 1. The predicted octanol–water partition coefficient (Wildman–Crippen LogP) is 5.07. The van der Waals surface area contributed by atoms with Crippen LogP contribution in [-0.4, -0.2) is 64.7 Å². The summed E-state index contributed by atoms with van der Waals surface area (Å²) in [5.74, 6) is -0.261. The molecule has 0 bridgehead atoms. The molecule has 3 N–H and O–H groups in total. The summed E-state index contributed by atoms with van der Waals surface area (Å²) >= 11 is 1.54. The summed E-state index contributed by atoms with van der Waals surface area (Å²) in [5.41, 5.74) is 4.10. The molecule has 2 aromatic rings. The lowest BCUT2D eigenvalue weighted by molar-refractivity contribution is -0.141. The molecule has 8 nitrogen and oxygen atoms in total. The molecule has 214 valence electrons. The summed E-state index contributed by atoms with van der Waals surface area (Å²) in [6.07, 6.45) is 1.53. The van der Waals surface area contributed by atoms with Gasteiger partial charge in [-0.1, -0.05) is 36.4 Å². The number of aryl methyl sites for hydroxylation is 4. The highest BCUT2D eigenvalue weighted by Gasteiger charge is 2.37. The number of alkyl carbamates (subject to hydrolysis) is 1. The molecule has 0 aliphatic rings. The molecule has 0 aliphatic carbocycles. The molecule has 9 heteroatoms. The van der Waals surface area contributed by atoms with Gasteiger partial charge in [-0.2, -0.15) is 11.8 Å². The summed E-state index contributed by atoms with van der Waals surface area (Å²) in [6, 6.07) is 9.45. The maximum absolute atomic E-state index is 14.1. The van der Waals surface area contributed by atoms with E-state index in [9.17, 15) is 19.5 Å². The molecular weight excluding hydrogens is 514 g/mol. The number of benzene rings is 2. The number of anilines is 1. The Morgan fingerprint density at radius 1 is 0.974 bits per heavy atom. The van der Waals surface area contributed by atoms with E-state index in [1.54, 1.807) is 32.5 Å². The highest BCUT2D eigenvalue weighted by atomic mass is 32.2. The minimum atomic E-state index is -1.04. The van der Waals surface area contributed by atoms with Crippen molar-refractivity contribution in [2.24, 2.45) is 0 Å². The van der Waals surface area contributed by atoms with Crippen LogP contribution in [0.2, 0.25) is 0 Å². The van der Waals surface area contributed by atoms with E-state index in [0.29, 0.717) is 23.4 Å². The lowest BCUT2D eigenvalue weighted by Gasteiger charge is -2.35. The van der Waals surface area contributed by atoms with Crippen LogP contribution in [0.3, 0.4) is 0 Å². The van der Waals surface area contributed by atoms with Crippen LogP contribution < -0.4 is 10.6 Å². The third-order valence-electron chi connectivity index (χ3n) is 6.33. The van der Waals surface area contributed by atoms with Gasteiger partial charge in [0.1, 0.15) is 17.7 Å². The van der Waals surface area contributed by atoms with Gasteiger partial charge in [0.05, 0.1) is 6.61 Å². The topological polar surface area (TPSA) is 108 Å². The Labute approximate surface area is 236 Å². The van der Waals surface area contributed by atoms with Crippen LogP contribution in [-0.2, 0) is 14.3 Å². The molecule has 0 saturated carbocycles. The van der Waals surface area contributed by atoms with Gasteiger partial charge in [-0.05, 0) is 94.7 Å². The number of nitrogens with one attached hydrogen (secondary N) is 2. The first kappa shape index (κ1) is 32.2. The first-order valence-corrected chi connectivity index (χ1v) is 14.5. The highest BCUT2D eigenvalue weighted by molar-refractivity contribution is 7.98. The predicted molar refractivity (Wildman–Crippen MR) is 158 cm³/mol. The van der Waals surface area contributed by atoms with Gasteiger partial charge in [0.25, 0.3) is 5.91 Å². The summed E-state index contributed by atoms with van der Waals surface area (Å²) in [4.78, 5) is 42.3. The van der Waals surface area contributed by atoms with E-state index in [1.807, 2.05) is 70.3 Å². The third kappa shape index (κ3) is 9.00. The van der Waals surface area contributed by atoms with Gasteiger partial charge in [-0.3, -0.25) is 9.59 Å². The Morgan fingerprint density at radius 3 is 2.00 bits per heavy atom. The van der Waals surface area contributed by atoms with E-state index in [-0.39, 0.29) is 13.2 Å². The van der Waals surface area contributed by atoms with Crippen molar-refractivity contribution in [2.45, 2.75) is 72.6 Å². The lowest BCUT2D eigenvalue weighted by atomic mass is 9.93. The van der Waals surface area contributed by atoms with Crippen LogP contribution in [0.5, 0.6) is 0 Å². The molecule has 2 atom stereocenters. The molecule has 3 amide bonds. The molecule has 0 saturated heterocycles. The lowest BCUT2D eigenvalue weighted by Crippen LogP contribution is -2.53. The molecule has 0 heterocycles. The molecule has 0 aliphatic heterocycles. The number of hydrogen-bond donors (Lipinski definition) is 3. The number of nitrogens with zero attached hydrogens (tertiary/aromatic N) is 1. The van der Waals surface area contributed by atoms with Crippen molar-refractivity contribution in [1.29, 1.82) is 0 Å². The second-order valence-electron chi connectivity index (χ2n) is 10.7. The Hall–Kier alpha value is -3.04. The Kier molecular flexibility index (Phi) is 11.9. The SMILES string of the molecule is CSCCC(NC(=O)OC(C)(C)C)C(=O)N(CCO)C(C(=O)Nc1c(C)cccc1C)c1c(C)cccc1C. The van der Waals surface area contributed by atoms with E-state index < -0.39 is 35.6 Å². The van der Waals surface area contributed by atoms with Crippen LogP contribution in [0.25, 0.3) is 0 Å². The Balaban J connectivity index is 2.59. The number of rotatable bonds is 11. The van der Waals surface area contributed by atoms with Gasteiger partial charge in [0.2, 0.25) is 5.91 Å². The highest BCUT2D eigenvalue weighted by Crippen LogP contribution is 2.31. The van der Waals surface area contributed by atoms with Gasteiger partial charge >= 0.3 is 6.09 Å². The average Bonchev–Trinajstić information content (AvgIpc) is 2.83. The number of ether oxygens (including phenoxy) is 1. The van der Waals surface area contributed by atoms with Crippen LogP contribution >= 0.6 is 11.8 Å². The van der Waals surface area contributed by atoms with E-state index in [0.717, 1.165) is 22.3 Å². The van der Waals surface area contributed by atoms with Crippen molar-refractivity contribution >= 4 is 35.4 Å². The standard InChI is InChI=1S/C30H43N3O5S/c1-19-11-9-12-20(2)24(19)26(27(35)32-25-21(3)13-10-14-22(25)4)33(16-17-34)28(36)23(15-18-39-8)31-29(37)38-30(5,6)7/h9-14,23,26,34H,15-18H2,1-8H3,(H,31,37)(H,32,35). The van der Waals surface area contributed by atoms with Gasteiger partial charge in [-0.25, -0.2) is 4.79 Å². The molecule has 39 heavy (non-hydrogen) atoms. The minimum absolute atomic E-state index is 0.0940. The molecule has 2 rings (SSSR count). The summed E-state index contributed by atoms with van der Waals surface area (Å²) in [7, 11) is 0. The number of carbonyl (C=O) groups is 3. The van der Waals surface area contributed by atoms with E-state index in [2.05, 4.69) is 10.6 Å². The van der Waals surface area contributed by atoms with Gasteiger partial charge < -0.3 is 25.4 Å². The zero-order valence-corrected chi connectivity index (χ0v) is 25.2. The van der Waals surface area contributed by atoms with Crippen LogP contribution in [0, 0.1) is 27.7 Å². The molecule has 0 radical (unpaired) electrons. The summed E-state index contributed by atoms with van der Waals surface area (Å²) in [6.45, 7) is 12.4. The number of aliphatic hydroxyl groups is 1. The quantitative estimate of drug-likeness (QED) is 0.356. The summed E-state index contributed by atoms with van der Waals surface area (Å²) in [5, 5.41) is 15.8. The molecule has 0 fully saturated rings. The molecule has 2 aromatic carbocycles. The maximum atomic E-state index is 14.1. The fraction of sp³-hybridized carbons (Fsp3) is 0.500. The number of amides is 3. The maximum Gasteiger partial charge on any atom is 0.408 e. The first-order valence-electron chi connectivity index (χ1n) is 13.1. The third-order valence-corrected chi connectivity index (χ3v) is 6.97. The first-order chi connectivity index (χ1) is 18.3. The van der Waals surface area contributed by atoms with E-state index in [4.69, 9.17) is 4.74 Å². The van der Waals surface area contributed by atoms with Gasteiger partial charge in [0.15, 0.2) is 0 Å². The van der Waals surface area contributed by atoms with Crippen molar-refractivity contribution in [2.75, 3.05) is 30.5 Å². The second-order valence-corrected chi connectivity index (χ2v) is 11.7. The molecule has 2 unspecified atom stereocenters. The zero-order valence-electron chi connectivity index (χ0n) is 24.4. The van der Waals surface area contributed by atoms with Crippen molar-refractivity contribution < 1.29 is 24.2 Å².